The fourth-order valence-electron chi connectivity index (χ4n) is 0.960. The summed E-state index contributed by atoms with van der Waals surface area (Å²) in [5.74, 6) is -0.541. The Kier molecular flexibility index (Phi) is 3.62. The van der Waals surface area contributed by atoms with Gasteiger partial charge in [-0.2, -0.15) is 0 Å². The third-order valence-electron chi connectivity index (χ3n) is 1.62. The number of halogens is 1. The third-order valence-corrected chi connectivity index (χ3v) is 2.29. The lowest BCUT2D eigenvalue weighted by Crippen LogP contribution is -2.17. The van der Waals surface area contributed by atoms with Gasteiger partial charge in [-0.15, -0.1) is 0 Å². The van der Waals surface area contributed by atoms with Gasteiger partial charge in [-0.3, -0.25) is 0 Å². The minimum absolute atomic E-state index is 0.239. The maximum atomic E-state index is 11.1. The van der Waals surface area contributed by atoms with Crippen molar-refractivity contribution in [1.82, 2.24) is 0 Å². The Bertz CT molecular complexity index is 396. The van der Waals surface area contributed by atoms with Crippen LogP contribution in [0.3, 0.4) is 0 Å². The van der Waals surface area contributed by atoms with Crippen LogP contribution in [-0.4, -0.2) is 18.1 Å². The molecule has 0 spiro atoms. The quantitative estimate of drug-likeness (QED) is 0.364. The molecule has 0 radical (unpaired) electrons. The topological polar surface area (TPSA) is 72.7 Å². The van der Waals surface area contributed by atoms with Gasteiger partial charge < -0.3 is 4.74 Å². The van der Waals surface area contributed by atoms with E-state index < -0.39 is 11.0 Å². The Labute approximate surface area is 93.9 Å². The van der Waals surface area contributed by atoms with Crippen molar-refractivity contribution < 1.29 is 14.6 Å². The molecule has 0 aromatic heterocycles. The van der Waals surface area contributed by atoms with Crippen LogP contribution in [0.5, 0.6) is 0 Å². The number of carbonyl (C=O) groups is 1. The molecule has 0 saturated heterocycles. The number of esters is 1. The number of nitro groups is 1. The fraction of sp³-hybridized carbons (Fsp3) is 0.125. The van der Waals surface area contributed by atoms with E-state index in [4.69, 9.17) is 0 Å². The van der Waals surface area contributed by atoms with Crippen molar-refractivity contribution in [2.75, 3.05) is 11.1 Å². The predicted molar refractivity (Wildman–Crippen MR) is 56.2 cm³/mol. The molecule has 0 aliphatic heterocycles. The number of hydrogen-bond donors (Lipinski definition) is 0. The van der Waals surface area contributed by atoms with Crippen LogP contribution in [0, 0.1) is 10.1 Å². The molecule has 0 aliphatic rings. The molecule has 80 valence electrons. The van der Waals surface area contributed by atoms with Gasteiger partial charge in [0.15, 0.2) is 5.03 Å². The fourth-order valence-corrected chi connectivity index (χ4v) is 1.18. The second-order valence-corrected chi connectivity index (χ2v) is 3.21. The van der Waals surface area contributed by atoms with E-state index in [2.05, 4.69) is 20.9 Å². The van der Waals surface area contributed by atoms with E-state index in [1.54, 1.807) is 0 Å². The van der Waals surface area contributed by atoms with E-state index in [0.717, 1.165) is 0 Å². The zero-order valence-corrected chi connectivity index (χ0v) is 9.30. The standard InChI is InChI=1S/C8H7BrN2O4/c1-15-8(12)6-3-2-4-7(5-6)10(9)11(13)14/h2-5H,1H3. The summed E-state index contributed by atoms with van der Waals surface area (Å²) in [4.78, 5) is 21.6. The van der Waals surface area contributed by atoms with Crippen LogP contribution in [0.15, 0.2) is 24.3 Å². The zero-order chi connectivity index (χ0) is 11.4. The molecule has 0 saturated carbocycles. The van der Waals surface area contributed by atoms with Gasteiger partial charge in [0.05, 0.1) is 12.7 Å². The van der Waals surface area contributed by atoms with Gasteiger partial charge in [0.1, 0.15) is 21.8 Å². The highest BCUT2D eigenvalue weighted by Gasteiger charge is 2.15. The van der Waals surface area contributed by atoms with Crippen molar-refractivity contribution >= 4 is 27.8 Å². The smallest absolute Gasteiger partial charge is 0.337 e. The number of methoxy groups -OCH3 is 1. The first-order chi connectivity index (χ1) is 7.06. The Balaban J connectivity index is 3.02. The molecular weight excluding hydrogens is 268 g/mol. The van der Waals surface area contributed by atoms with E-state index in [1.165, 1.54) is 31.4 Å². The molecular formula is C8H7BrN2O4. The molecule has 0 aliphatic carbocycles. The number of ether oxygens (including phenoxy) is 1. The summed E-state index contributed by atoms with van der Waals surface area (Å²) in [7, 11) is 1.24. The first-order valence-corrected chi connectivity index (χ1v) is 4.55. The Hall–Kier alpha value is -1.63. The summed E-state index contributed by atoms with van der Waals surface area (Å²) >= 11 is 2.74. The van der Waals surface area contributed by atoms with E-state index in [9.17, 15) is 14.9 Å². The molecule has 1 aromatic carbocycles. The average Bonchev–Trinajstić information content (AvgIpc) is 2.27. The minimum Gasteiger partial charge on any atom is -0.465 e. The van der Waals surface area contributed by atoms with Gasteiger partial charge >= 0.3 is 5.97 Å². The van der Waals surface area contributed by atoms with Crippen LogP contribution in [-0.2, 0) is 4.74 Å². The average molecular weight is 275 g/mol. The van der Waals surface area contributed by atoms with Crippen molar-refractivity contribution in [2.45, 2.75) is 0 Å². The second-order valence-electron chi connectivity index (χ2n) is 2.54. The van der Waals surface area contributed by atoms with Crippen molar-refractivity contribution in [3.05, 3.63) is 39.9 Å². The lowest BCUT2D eigenvalue weighted by atomic mass is 10.2. The molecule has 0 N–H and O–H groups in total. The molecule has 0 unspecified atom stereocenters. The van der Waals surface area contributed by atoms with Crippen molar-refractivity contribution in [2.24, 2.45) is 0 Å². The van der Waals surface area contributed by atoms with E-state index in [1.807, 2.05) is 0 Å². The Morgan fingerprint density at radius 1 is 1.60 bits per heavy atom. The molecule has 0 amide bonds. The molecule has 0 bridgehead atoms. The van der Waals surface area contributed by atoms with Crippen molar-refractivity contribution in [3.8, 4) is 0 Å². The van der Waals surface area contributed by atoms with E-state index in [-0.39, 0.29) is 11.3 Å². The van der Waals surface area contributed by atoms with Gasteiger partial charge in [0.2, 0.25) is 0 Å². The number of anilines is 1. The van der Waals surface area contributed by atoms with Gasteiger partial charge in [-0.25, -0.2) is 14.9 Å². The summed E-state index contributed by atoms with van der Waals surface area (Å²) < 4.78 is 5.13. The Morgan fingerprint density at radius 2 is 2.27 bits per heavy atom. The lowest BCUT2D eigenvalue weighted by Gasteiger charge is -2.06. The second kappa shape index (κ2) is 4.74. The summed E-state index contributed by atoms with van der Waals surface area (Å²) in [6.45, 7) is 0. The maximum absolute atomic E-state index is 11.1. The SMILES string of the molecule is COC(=O)c1cccc(N(Br)[N+](=O)[O-])c1. The van der Waals surface area contributed by atoms with Gasteiger partial charge in [0, 0.05) is 0 Å². The van der Waals surface area contributed by atoms with Crippen molar-refractivity contribution in [3.63, 3.8) is 0 Å². The molecule has 15 heavy (non-hydrogen) atoms. The first kappa shape index (κ1) is 11.4. The highest BCUT2D eigenvalue weighted by molar-refractivity contribution is 9.10. The summed E-state index contributed by atoms with van der Waals surface area (Å²) in [6, 6.07) is 5.88. The highest BCUT2D eigenvalue weighted by Crippen LogP contribution is 2.19. The van der Waals surface area contributed by atoms with Crippen LogP contribution in [0.4, 0.5) is 5.69 Å². The monoisotopic (exact) mass is 274 g/mol. The number of hydrazine groups is 1. The molecule has 0 fully saturated rings. The van der Waals surface area contributed by atoms with Crippen LogP contribution < -0.4 is 4.03 Å². The molecule has 6 nitrogen and oxygen atoms in total. The number of carbonyl (C=O) groups excluding carboxylic acids is 1. The van der Waals surface area contributed by atoms with Gasteiger partial charge in [-0.1, -0.05) is 6.07 Å². The van der Waals surface area contributed by atoms with Crippen LogP contribution in [0.2, 0.25) is 0 Å². The molecule has 0 atom stereocenters. The number of nitrogens with zero attached hydrogens (tertiary/aromatic N) is 2. The highest BCUT2D eigenvalue weighted by atomic mass is 79.9. The third kappa shape index (κ3) is 2.66. The van der Waals surface area contributed by atoms with Crippen molar-refractivity contribution in [1.29, 1.82) is 0 Å². The van der Waals surface area contributed by atoms with Crippen LogP contribution >= 0.6 is 16.1 Å². The summed E-state index contributed by atoms with van der Waals surface area (Å²) in [5.41, 5.74) is 0.490. The van der Waals surface area contributed by atoms with E-state index >= 15 is 0 Å². The van der Waals surface area contributed by atoms with Gasteiger partial charge in [0.25, 0.3) is 0 Å². The number of hydrogen-bond acceptors (Lipinski definition) is 4. The zero-order valence-electron chi connectivity index (χ0n) is 7.71. The van der Waals surface area contributed by atoms with Crippen LogP contribution in [0.25, 0.3) is 0 Å². The first-order valence-electron chi connectivity index (χ1n) is 3.85. The largest absolute Gasteiger partial charge is 0.465 e. The van der Waals surface area contributed by atoms with E-state index in [0.29, 0.717) is 4.03 Å². The number of benzene rings is 1. The summed E-state index contributed by atoms with van der Waals surface area (Å²) in [5, 5.41) is 9.76. The molecule has 1 rings (SSSR count). The molecule has 7 heteroatoms. The lowest BCUT2D eigenvalue weighted by molar-refractivity contribution is -0.470. The predicted octanol–water partition coefficient (Wildman–Crippen LogP) is 1.78. The normalized spacial score (nSPS) is 9.47. The molecule has 1 aromatic rings. The number of rotatable bonds is 3. The Morgan fingerprint density at radius 3 is 2.80 bits per heavy atom. The maximum Gasteiger partial charge on any atom is 0.337 e. The summed E-state index contributed by atoms with van der Waals surface area (Å²) in [6.07, 6.45) is 0. The molecule has 0 heterocycles. The van der Waals surface area contributed by atoms with Gasteiger partial charge in [-0.05, 0) is 22.2 Å². The van der Waals surface area contributed by atoms with Crippen LogP contribution in [0.1, 0.15) is 10.4 Å². The minimum atomic E-state index is -0.656.